The number of sulfonamides is 1. The molecule has 0 fully saturated rings. The number of hydrogen-bond donors (Lipinski definition) is 2. The van der Waals surface area contributed by atoms with Crippen molar-refractivity contribution in [2.45, 2.75) is 6.92 Å². The van der Waals surface area contributed by atoms with E-state index < -0.39 is 22.0 Å². The SMILES string of the molecule is COC(=O)/C=C(/Nc1ccc(NS(C)(=O)=O)c(C)c1)C(=O)OC. The van der Waals surface area contributed by atoms with E-state index in [0.717, 1.165) is 12.3 Å². The molecule has 0 bridgehead atoms. The van der Waals surface area contributed by atoms with Crippen LogP contribution in [0.25, 0.3) is 0 Å². The third-order valence-electron chi connectivity index (χ3n) is 2.67. The van der Waals surface area contributed by atoms with Crippen LogP contribution in [0, 0.1) is 6.92 Å². The monoisotopic (exact) mass is 342 g/mol. The summed E-state index contributed by atoms with van der Waals surface area (Å²) in [6.45, 7) is 1.69. The molecule has 2 N–H and O–H groups in total. The predicted molar refractivity (Wildman–Crippen MR) is 85.4 cm³/mol. The van der Waals surface area contributed by atoms with E-state index in [9.17, 15) is 18.0 Å². The van der Waals surface area contributed by atoms with Crippen molar-refractivity contribution in [2.75, 3.05) is 30.5 Å². The maximum absolute atomic E-state index is 11.7. The maximum atomic E-state index is 11.7. The number of carbonyl (C=O) groups excluding carboxylic acids is 2. The fourth-order valence-corrected chi connectivity index (χ4v) is 2.27. The molecular weight excluding hydrogens is 324 g/mol. The van der Waals surface area contributed by atoms with E-state index in [4.69, 9.17) is 0 Å². The molecule has 23 heavy (non-hydrogen) atoms. The van der Waals surface area contributed by atoms with Crippen LogP contribution in [0.1, 0.15) is 5.56 Å². The molecule has 1 aromatic carbocycles. The van der Waals surface area contributed by atoms with Crippen LogP contribution in [0.2, 0.25) is 0 Å². The first-order chi connectivity index (χ1) is 10.7. The quantitative estimate of drug-likeness (QED) is 0.586. The summed E-state index contributed by atoms with van der Waals surface area (Å²) in [6.07, 6.45) is 2.01. The molecule has 1 aromatic rings. The van der Waals surface area contributed by atoms with Gasteiger partial charge in [-0.2, -0.15) is 0 Å². The number of benzene rings is 1. The van der Waals surface area contributed by atoms with Gasteiger partial charge in [0.15, 0.2) is 0 Å². The number of carbonyl (C=O) groups is 2. The molecule has 9 heteroatoms. The summed E-state index contributed by atoms with van der Waals surface area (Å²) in [7, 11) is -1.03. The van der Waals surface area contributed by atoms with E-state index >= 15 is 0 Å². The van der Waals surface area contributed by atoms with Crippen LogP contribution in [-0.4, -0.2) is 40.8 Å². The molecule has 0 radical (unpaired) electrons. The summed E-state index contributed by atoms with van der Waals surface area (Å²) in [5.41, 5.74) is 1.40. The summed E-state index contributed by atoms with van der Waals surface area (Å²) < 4.78 is 33.9. The first kappa shape index (κ1) is 18.5. The van der Waals surface area contributed by atoms with Gasteiger partial charge in [0.2, 0.25) is 10.0 Å². The average molecular weight is 342 g/mol. The van der Waals surface area contributed by atoms with Gasteiger partial charge in [0.05, 0.1) is 32.2 Å². The van der Waals surface area contributed by atoms with Crippen LogP contribution in [0.4, 0.5) is 11.4 Å². The lowest BCUT2D eigenvalue weighted by molar-refractivity contribution is -0.138. The number of methoxy groups -OCH3 is 2. The van der Waals surface area contributed by atoms with Crippen molar-refractivity contribution in [2.24, 2.45) is 0 Å². The molecule has 0 atom stereocenters. The van der Waals surface area contributed by atoms with Crippen LogP contribution in [0.5, 0.6) is 0 Å². The lowest BCUT2D eigenvalue weighted by atomic mass is 10.2. The summed E-state index contributed by atoms with van der Waals surface area (Å²) >= 11 is 0. The van der Waals surface area contributed by atoms with Gasteiger partial charge in [-0.3, -0.25) is 4.72 Å². The third-order valence-corrected chi connectivity index (χ3v) is 3.26. The molecule has 0 saturated heterocycles. The highest BCUT2D eigenvalue weighted by atomic mass is 32.2. The largest absolute Gasteiger partial charge is 0.466 e. The zero-order valence-corrected chi connectivity index (χ0v) is 14.0. The molecular formula is C14H18N2O6S. The Morgan fingerprint density at radius 3 is 2.30 bits per heavy atom. The van der Waals surface area contributed by atoms with Gasteiger partial charge < -0.3 is 14.8 Å². The Balaban J connectivity index is 3.06. The molecule has 0 saturated carbocycles. The number of nitrogens with one attached hydrogen (secondary N) is 2. The molecule has 1 rings (SSSR count). The number of esters is 2. The fourth-order valence-electron chi connectivity index (χ4n) is 1.64. The molecule has 0 aromatic heterocycles. The van der Waals surface area contributed by atoms with E-state index in [0.29, 0.717) is 16.9 Å². The maximum Gasteiger partial charge on any atom is 0.354 e. The zero-order valence-electron chi connectivity index (χ0n) is 13.2. The summed E-state index contributed by atoms with van der Waals surface area (Å²) in [5, 5.41) is 2.73. The Labute approximate surface area is 134 Å². The summed E-state index contributed by atoms with van der Waals surface area (Å²) in [6, 6.07) is 4.70. The molecule has 0 unspecified atom stereocenters. The summed E-state index contributed by atoms with van der Waals surface area (Å²) in [5.74, 6) is -1.46. The van der Waals surface area contributed by atoms with Crippen LogP contribution in [0.3, 0.4) is 0 Å². The van der Waals surface area contributed by atoms with Crippen LogP contribution < -0.4 is 10.0 Å². The van der Waals surface area contributed by atoms with Gasteiger partial charge in [0.1, 0.15) is 5.70 Å². The van der Waals surface area contributed by atoms with Gasteiger partial charge in [0.25, 0.3) is 0 Å². The Hall–Kier alpha value is -2.55. The normalized spacial score (nSPS) is 11.6. The highest BCUT2D eigenvalue weighted by Crippen LogP contribution is 2.21. The first-order valence-corrected chi connectivity index (χ1v) is 8.29. The van der Waals surface area contributed by atoms with Crippen LogP contribution >= 0.6 is 0 Å². The van der Waals surface area contributed by atoms with E-state index in [1.54, 1.807) is 19.1 Å². The Bertz CT molecular complexity index is 740. The minimum Gasteiger partial charge on any atom is -0.466 e. The highest BCUT2D eigenvalue weighted by molar-refractivity contribution is 7.92. The first-order valence-electron chi connectivity index (χ1n) is 6.39. The van der Waals surface area contributed by atoms with Crippen molar-refractivity contribution in [1.29, 1.82) is 0 Å². The molecule has 0 aliphatic carbocycles. The van der Waals surface area contributed by atoms with Gasteiger partial charge in [-0.05, 0) is 30.7 Å². The molecule has 0 spiro atoms. The number of ether oxygens (including phenoxy) is 2. The minimum atomic E-state index is -3.39. The summed E-state index contributed by atoms with van der Waals surface area (Å²) in [4.78, 5) is 22.9. The van der Waals surface area contributed by atoms with Gasteiger partial charge in [0, 0.05) is 5.69 Å². The highest BCUT2D eigenvalue weighted by Gasteiger charge is 2.13. The van der Waals surface area contributed by atoms with Crippen molar-refractivity contribution in [3.63, 3.8) is 0 Å². The van der Waals surface area contributed by atoms with Gasteiger partial charge in [-0.15, -0.1) is 0 Å². The zero-order chi connectivity index (χ0) is 17.6. The predicted octanol–water partition coefficient (Wildman–Crippen LogP) is 1.01. The molecule has 8 nitrogen and oxygen atoms in total. The van der Waals surface area contributed by atoms with Crippen molar-refractivity contribution in [3.8, 4) is 0 Å². The molecule has 0 aliphatic rings. The molecule has 126 valence electrons. The average Bonchev–Trinajstić information content (AvgIpc) is 2.47. The van der Waals surface area contributed by atoms with Crippen molar-refractivity contribution in [1.82, 2.24) is 0 Å². The Morgan fingerprint density at radius 2 is 1.83 bits per heavy atom. The van der Waals surface area contributed by atoms with Gasteiger partial charge >= 0.3 is 11.9 Å². The lowest BCUT2D eigenvalue weighted by Crippen LogP contribution is -2.16. The molecule has 0 amide bonds. The second-order valence-corrected chi connectivity index (χ2v) is 6.35. The van der Waals surface area contributed by atoms with Crippen molar-refractivity contribution < 1.29 is 27.5 Å². The molecule has 0 aliphatic heterocycles. The van der Waals surface area contributed by atoms with Gasteiger partial charge in [-0.25, -0.2) is 18.0 Å². The van der Waals surface area contributed by atoms with Gasteiger partial charge in [-0.1, -0.05) is 0 Å². The number of anilines is 2. The van der Waals surface area contributed by atoms with Crippen molar-refractivity contribution in [3.05, 3.63) is 35.5 Å². The third kappa shape index (κ3) is 5.99. The Morgan fingerprint density at radius 1 is 1.17 bits per heavy atom. The lowest BCUT2D eigenvalue weighted by Gasteiger charge is -2.12. The van der Waals surface area contributed by atoms with Crippen LogP contribution in [0.15, 0.2) is 30.0 Å². The van der Waals surface area contributed by atoms with E-state index in [-0.39, 0.29) is 5.70 Å². The standard InChI is InChI=1S/C14H18N2O6S/c1-9-7-10(5-6-11(9)16-23(4,19)20)15-12(14(18)22-3)8-13(17)21-2/h5-8,15-16H,1-4H3/b12-8+. The molecule has 0 heterocycles. The number of rotatable bonds is 6. The van der Waals surface area contributed by atoms with E-state index in [1.165, 1.54) is 20.3 Å². The second-order valence-electron chi connectivity index (χ2n) is 4.60. The topological polar surface area (TPSA) is 111 Å². The Kier molecular flexibility index (Phi) is 6.14. The van der Waals surface area contributed by atoms with E-state index in [2.05, 4.69) is 19.5 Å². The fraction of sp³-hybridized carbons (Fsp3) is 0.286. The number of aryl methyl sites for hydroxylation is 1. The minimum absolute atomic E-state index is 0.109. The van der Waals surface area contributed by atoms with Crippen molar-refractivity contribution >= 4 is 33.3 Å². The van der Waals surface area contributed by atoms with E-state index in [1.807, 2.05) is 0 Å². The number of hydrogen-bond acceptors (Lipinski definition) is 7. The van der Waals surface area contributed by atoms with Crippen LogP contribution in [-0.2, 0) is 29.1 Å². The smallest absolute Gasteiger partial charge is 0.354 e. The second kappa shape index (κ2) is 7.63.